The summed E-state index contributed by atoms with van der Waals surface area (Å²) in [5, 5.41) is 9.99. The third-order valence-electron chi connectivity index (χ3n) is 4.67. The van der Waals surface area contributed by atoms with Crippen LogP contribution in [0.2, 0.25) is 11.1 Å². The van der Waals surface area contributed by atoms with E-state index >= 15 is 0 Å². The van der Waals surface area contributed by atoms with Gasteiger partial charge in [-0.05, 0) is 18.2 Å². The predicted molar refractivity (Wildman–Crippen MR) is 117 cm³/mol. The molecule has 0 saturated carbocycles. The summed E-state index contributed by atoms with van der Waals surface area (Å²) >= 11 is 5.91. The van der Waals surface area contributed by atoms with Crippen LogP contribution in [0.3, 0.4) is 0 Å². The molecule has 3 aromatic heterocycles. The van der Waals surface area contributed by atoms with E-state index in [0.29, 0.717) is 37.9 Å². The normalized spacial score (nSPS) is 11.2. The summed E-state index contributed by atoms with van der Waals surface area (Å²) in [6.45, 7) is -0.0912. The summed E-state index contributed by atoms with van der Waals surface area (Å²) in [5.41, 5.74) is 0.118. The van der Waals surface area contributed by atoms with Gasteiger partial charge >= 0.3 is 5.69 Å². The highest BCUT2D eigenvalue weighted by molar-refractivity contribution is 6.53. The minimum Gasteiger partial charge on any atom is -0.337 e. The van der Waals surface area contributed by atoms with Gasteiger partial charge < -0.3 is 9.09 Å². The lowest BCUT2D eigenvalue weighted by atomic mass is 10.2. The van der Waals surface area contributed by atoms with Crippen LogP contribution in [0, 0.1) is 0 Å². The topological polar surface area (TPSA) is 101 Å². The van der Waals surface area contributed by atoms with Gasteiger partial charge in [0.05, 0.1) is 21.3 Å². The number of nitrogens with zero attached hydrogens (tertiary/aromatic N) is 6. The molecule has 0 fully saturated rings. The molecular formula is C20H19ClN6O3Si. The quantitative estimate of drug-likeness (QED) is 0.386. The minimum absolute atomic E-state index is 0.0912. The van der Waals surface area contributed by atoms with E-state index in [1.165, 1.54) is 16.0 Å². The Labute approximate surface area is 184 Å². The maximum absolute atomic E-state index is 12.9. The van der Waals surface area contributed by atoms with Crippen LogP contribution in [0.5, 0.6) is 0 Å². The SMILES string of the molecule is Cn1cc(-c2cn(C)c(=O)n(Cc3nc(CC[Si]c4ccc(Cl)cc4)no3)c2=O)cn1. The zero-order chi connectivity index (χ0) is 22.0. The maximum atomic E-state index is 12.9. The van der Waals surface area contributed by atoms with E-state index in [-0.39, 0.29) is 12.4 Å². The average Bonchev–Trinajstić information content (AvgIpc) is 3.38. The fourth-order valence-corrected chi connectivity index (χ4v) is 4.27. The Hall–Kier alpha value is -3.24. The summed E-state index contributed by atoms with van der Waals surface area (Å²) < 4.78 is 9.33. The van der Waals surface area contributed by atoms with Gasteiger partial charge in [-0.1, -0.05) is 34.1 Å². The van der Waals surface area contributed by atoms with Crippen LogP contribution >= 0.6 is 11.6 Å². The highest BCUT2D eigenvalue weighted by Crippen LogP contribution is 2.12. The van der Waals surface area contributed by atoms with Crippen LogP contribution in [0.15, 0.2) is 57.0 Å². The van der Waals surface area contributed by atoms with Gasteiger partial charge in [0.2, 0.25) is 5.89 Å². The van der Waals surface area contributed by atoms with E-state index in [1.807, 2.05) is 24.3 Å². The number of hydrogen-bond donors (Lipinski definition) is 0. The minimum atomic E-state index is -0.457. The van der Waals surface area contributed by atoms with Crippen molar-refractivity contribution in [3.8, 4) is 11.1 Å². The van der Waals surface area contributed by atoms with Crippen molar-refractivity contribution in [1.29, 1.82) is 0 Å². The maximum Gasteiger partial charge on any atom is 0.331 e. The third kappa shape index (κ3) is 4.75. The lowest BCUT2D eigenvalue weighted by Gasteiger charge is -2.07. The number of rotatable bonds is 7. The van der Waals surface area contributed by atoms with Crippen LogP contribution in [0.25, 0.3) is 11.1 Å². The van der Waals surface area contributed by atoms with Gasteiger partial charge in [0.15, 0.2) is 5.82 Å². The molecule has 0 atom stereocenters. The summed E-state index contributed by atoms with van der Waals surface area (Å²) in [7, 11) is 3.94. The van der Waals surface area contributed by atoms with Gasteiger partial charge in [0.1, 0.15) is 6.54 Å². The second kappa shape index (κ2) is 8.86. The molecule has 0 spiro atoms. The number of aromatic nitrogens is 6. The zero-order valence-electron chi connectivity index (χ0n) is 16.9. The number of benzene rings is 1. The van der Waals surface area contributed by atoms with Crippen molar-refractivity contribution in [3.63, 3.8) is 0 Å². The molecule has 9 nitrogen and oxygen atoms in total. The fraction of sp³-hybridized carbons (Fsp3) is 0.250. The Balaban J connectivity index is 1.49. The first-order valence-electron chi connectivity index (χ1n) is 9.51. The number of aryl methyl sites for hydroxylation is 3. The lowest BCUT2D eigenvalue weighted by Crippen LogP contribution is -2.39. The number of hydrogen-bond acceptors (Lipinski definition) is 6. The lowest BCUT2D eigenvalue weighted by molar-refractivity contribution is 0.362. The van der Waals surface area contributed by atoms with Crippen LogP contribution in [-0.2, 0) is 27.1 Å². The Morgan fingerprint density at radius 2 is 1.90 bits per heavy atom. The second-order valence-corrected chi connectivity index (χ2v) is 8.89. The molecule has 0 amide bonds. The Kier molecular flexibility index (Phi) is 6.00. The molecule has 0 N–H and O–H groups in total. The van der Waals surface area contributed by atoms with Gasteiger partial charge in [-0.3, -0.25) is 14.0 Å². The van der Waals surface area contributed by atoms with Gasteiger partial charge in [0.25, 0.3) is 5.56 Å². The number of halogens is 1. The first-order valence-corrected chi connectivity index (χ1v) is 11.1. The first-order chi connectivity index (χ1) is 14.9. The smallest absolute Gasteiger partial charge is 0.331 e. The Morgan fingerprint density at radius 3 is 2.61 bits per heavy atom. The van der Waals surface area contributed by atoms with Crippen LogP contribution < -0.4 is 16.4 Å². The van der Waals surface area contributed by atoms with E-state index in [4.69, 9.17) is 16.1 Å². The Bertz CT molecular complexity index is 1320. The largest absolute Gasteiger partial charge is 0.337 e. The second-order valence-electron chi connectivity index (χ2n) is 7.02. The summed E-state index contributed by atoms with van der Waals surface area (Å²) in [6.07, 6.45) is 5.44. The Morgan fingerprint density at radius 1 is 1.13 bits per heavy atom. The van der Waals surface area contributed by atoms with Crippen molar-refractivity contribution in [2.45, 2.75) is 19.0 Å². The van der Waals surface area contributed by atoms with Gasteiger partial charge in [-0.2, -0.15) is 10.1 Å². The third-order valence-corrected chi connectivity index (χ3v) is 6.17. The van der Waals surface area contributed by atoms with Crippen molar-refractivity contribution < 1.29 is 4.52 Å². The van der Waals surface area contributed by atoms with Crippen molar-refractivity contribution in [2.75, 3.05) is 0 Å². The molecular weight excluding hydrogens is 436 g/mol. The van der Waals surface area contributed by atoms with Gasteiger partial charge in [-0.15, -0.1) is 0 Å². The van der Waals surface area contributed by atoms with Crippen LogP contribution in [-0.4, -0.2) is 38.6 Å². The fourth-order valence-electron chi connectivity index (χ4n) is 3.10. The molecule has 0 bridgehead atoms. The molecule has 0 aliphatic rings. The summed E-state index contributed by atoms with van der Waals surface area (Å²) in [5.74, 6) is 0.761. The summed E-state index contributed by atoms with van der Waals surface area (Å²) in [6, 6.07) is 8.60. The van der Waals surface area contributed by atoms with E-state index in [1.54, 1.807) is 31.2 Å². The van der Waals surface area contributed by atoms with E-state index in [9.17, 15) is 9.59 Å². The van der Waals surface area contributed by atoms with Gasteiger partial charge in [-0.25, -0.2) is 4.79 Å². The average molecular weight is 455 g/mol. The van der Waals surface area contributed by atoms with Crippen molar-refractivity contribution in [3.05, 3.63) is 80.4 Å². The van der Waals surface area contributed by atoms with Crippen LogP contribution in [0.1, 0.15) is 11.7 Å². The highest BCUT2D eigenvalue weighted by Gasteiger charge is 2.16. The van der Waals surface area contributed by atoms with E-state index < -0.39 is 11.2 Å². The molecule has 2 radical (unpaired) electrons. The molecule has 158 valence electrons. The standard InChI is InChI=1S/C20H19ClN6O3Si/c1-25-11-16(13-9-22-26(2)10-13)19(28)27(20(25)29)12-18-23-17(24-30-18)7-8-31-15-5-3-14(21)4-6-15/h3-6,9-11H,7-8,12H2,1-2H3. The molecule has 4 rings (SSSR count). The molecule has 31 heavy (non-hydrogen) atoms. The molecule has 1 aromatic carbocycles. The van der Waals surface area contributed by atoms with E-state index in [2.05, 4.69) is 15.2 Å². The molecule has 4 aromatic rings. The molecule has 0 aliphatic heterocycles. The molecule has 11 heteroatoms. The first kappa shape index (κ1) is 21.0. The van der Waals surface area contributed by atoms with E-state index in [0.717, 1.165) is 10.6 Å². The monoisotopic (exact) mass is 454 g/mol. The molecule has 3 heterocycles. The van der Waals surface area contributed by atoms with Crippen molar-refractivity contribution in [1.82, 2.24) is 29.1 Å². The van der Waals surface area contributed by atoms with Gasteiger partial charge in [0, 0.05) is 43.5 Å². The molecule has 0 saturated heterocycles. The van der Waals surface area contributed by atoms with Crippen LogP contribution in [0.4, 0.5) is 0 Å². The molecule has 0 aliphatic carbocycles. The van der Waals surface area contributed by atoms with Crippen molar-refractivity contribution in [2.24, 2.45) is 14.1 Å². The zero-order valence-corrected chi connectivity index (χ0v) is 18.7. The predicted octanol–water partition coefficient (Wildman–Crippen LogP) is 1.02. The molecule has 0 unspecified atom stereocenters. The summed E-state index contributed by atoms with van der Waals surface area (Å²) in [4.78, 5) is 29.8. The van der Waals surface area contributed by atoms with Crippen molar-refractivity contribution >= 4 is 26.3 Å². The highest BCUT2D eigenvalue weighted by atomic mass is 35.5.